The number of aryl methyl sites for hydroxylation is 1. The summed E-state index contributed by atoms with van der Waals surface area (Å²) in [5, 5.41) is 3.48. The number of hydrogen-bond donors (Lipinski definition) is 3. The first-order chi connectivity index (χ1) is 8.76. The van der Waals surface area contributed by atoms with Crippen molar-refractivity contribution in [2.75, 3.05) is 10.7 Å². The normalized spacial score (nSPS) is 21.7. The van der Waals surface area contributed by atoms with Crippen molar-refractivity contribution in [2.24, 2.45) is 11.8 Å². The van der Waals surface area contributed by atoms with Gasteiger partial charge in [0, 0.05) is 18.5 Å². The molecule has 0 aliphatic heterocycles. The Morgan fingerprint density at radius 3 is 2.72 bits per heavy atom. The maximum Gasteiger partial charge on any atom is 0.145 e. The quantitative estimate of drug-likeness (QED) is 0.510. The molecule has 0 saturated heterocycles. The number of nitrogen functional groups attached to an aromatic ring is 1. The molecule has 2 unspecified atom stereocenters. The minimum atomic E-state index is 0.583. The van der Waals surface area contributed by atoms with Crippen LogP contribution in [-0.2, 0) is 6.42 Å². The van der Waals surface area contributed by atoms with E-state index in [4.69, 9.17) is 5.84 Å². The summed E-state index contributed by atoms with van der Waals surface area (Å²) in [6.07, 6.45) is 5.73. The number of aromatic nitrogens is 2. The molecule has 2 atom stereocenters. The fourth-order valence-corrected chi connectivity index (χ4v) is 2.28. The van der Waals surface area contributed by atoms with E-state index in [0.717, 1.165) is 30.4 Å². The van der Waals surface area contributed by atoms with Gasteiger partial charge in [-0.05, 0) is 25.2 Å². The van der Waals surface area contributed by atoms with E-state index in [2.05, 4.69) is 34.6 Å². The monoisotopic (exact) mass is 249 g/mol. The van der Waals surface area contributed by atoms with Gasteiger partial charge in [-0.25, -0.2) is 15.8 Å². The number of hydrazine groups is 1. The van der Waals surface area contributed by atoms with Crippen LogP contribution in [0.5, 0.6) is 0 Å². The second-order valence-electron chi connectivity index (χ2n) is 4.98. The van der Waals surface area contributed by atoms with Crippen LogP contribution in [0.25, 0.3) is 0 Å². The number of rotatable bonds is 7. The zero-order valence-electron chi connectivity index (χ0n) is 11.2. The van der Waals surface area contributed by atoms with Gasteiger partial charge in [0.05, 0.1) is 0 Å². The van der Waals surface area contributed by atoms with Gasteiger partial charge < -0.3 is 10.7 Å². The fraction of sp³-hybridized carbons (Fsp3) is 0.692. The Labute approximate surface area is 109 Å². The predicted molar refractivity (Wildman–Crippen MR) is 74.3 cm³/mol. The maximum atomic E-state index is 5.44. The highest BCUT2D eigenvalue weighted by atomic mass is 15.3. The van der Waals surface area contributed by atoms with Gasteiger partial charge in [0.25, 0.3) is 0 Å². The molecule has 18 heavy (non-hydrogen) atoms. The van der Waals surface area contributed by atoms with Crippen LogP contribution < -0.4 is 16.6 Å². The summed E-state index contributed by atoms with van der Waals surface area (Å²) in [4.78, 5) is 8.87. The van der Waals surface area contributed by atoms with Crippen LogP contribution in [-0.4, -0.2) is 16.0 Å². The maximum absolute atomic E-state index is 5.44. The average Bonchev–Trinajstić information content (AvgIpc) is 3.08. The SMILES string of the molecule is CCCc1nc(NN)cc(NC2CC2CCC)n1. The van der Waals surface area contributed by atoms with Crippen LogP contribution in [0.1, 0.15) is 45.4 Å². The molecule has 0 spiro atoms. The zero-order chi connectivity index (χ0) is 13.0. The minimum Gasteiger partial charge on any atom is -0.367 e. The number of nitrogens with two attached hydrogens (primary N) is 1. The lowest BCUT2D eigenvalue weighted by Crippen LogP contribution is -2.13. The minimum absolute atomic E-state index is 0.583. The second kappa shape index (κ2) is 6.00. The second-order valence-corrected chi connectivity index (χ2v) is 4.98. The standard InChI is InChI=1S/C13H23N5/c1-3-5-9-7-10(9)15-12-8-13(18-14)17-11(16-12)6-4-2/h8-10H,3-7,14H2,1-2H3,(H2,15,16,17,18). The number of anilines is 2. The van der Waals surface area contributed by atoms with E-state index in [0.29, 0.717) is 11.9 Å². The molecule has 1 aromatic rings. The Kier molecular flexibility index (Phi) is 4.36. The van der Waals surface area contributed by atoms with E-state index >= 15 is 0 Å². The molecule has 0 amide bonds. The van der Waals surface area contributed by atoms with Crippen LogP contribution in [0.2, 0.25) is 0 Å². The molecule has 4 N–H and O–H groups in total. The van der Waals surface area contributed by atoms with Crippen molar-refractivity contribution in [1.82, 2.24) is 9.97 Å². The average molecular weight is 249 g/mol. The van der Waals surface area contributed by atoms with Gasteiger partial charge in [-0.1, -0.05) is 20.3 Å². The highest BCUT2D eigenvalue weighted by molar-refractivity contribution is 5.48. The van der Waals surface area contributed by atoms with Crippen molar-refractivity contribution in [3.63, 3.8) is 0 Å². The molecular weight excluding hydrogens is 226 g/mol. The van der Waals surface area contributed by atoms with Crippen molar-refractivity contribution in [3.05, 3.63) is 11.9 Å². The van der Waals surface area contributed by atoms with Crippen LogP contribution in [0.15, 0.2) is 6.07 Å². The summed E-state index contributed by atoms with van der Waals surface area (Å²) in [5.41, 5.74) is 2.61. The Morgan fingerprint density at radius 1 is 1.28 bits per heavy atom. The predicted octanol–water partition coefficient (Wildman–Crippen LogP) is 2.32. The van der Waals surface area contributed by atoms with Crippen molar-refractivity contribution in [3.8, 4) is 0 Å². The third-order valence-corrected chi connectivity index (χ3v) is 3.31. The van der Waals surface area contributed by atoms with Crippen LogP contribution in [0, 0.1) is 5.92 Å². The van der Waals surface area contributed by atoms with E-state index in [9.17, 15) is 0 Å². The molecule has 0 radical (unpaired) electrons. The van der Waals surface area contributed by atoms with Gasteiger partial charge in [-0.3, -0.25) is 0 Å². The molecule has 0 aromatic carbocycles. The lowest BCUT2D eigenvalue weighted by molar-refractivity contribution is 0.691. The van der Waals surface area contributed by atoms with Gasteiger partial charge in [0.1, 0.15) is 17.5 Å². The molecule has 5 nitrogen and oxygen atoms in total. The lowest BCUT2D eigenvalue weighted by atomic mass is 10.2. The summed E-state index contributed by atoms with van der Waals surface area (Å²) >= 11 is 0. The van der Waals surface area contributed by atoms with Gasteiger partial charge >= 0.3 is 0 Å². The Balaban J connectivity index is 2.01. The topological polar surface area (TPSA) is 75.9 Å². The summed E-state index contributed by atoms with van der Waals surface area (Å²) in [6, 6.07) is 2.46. The summed E-state index contributed by atoms with van der Waals surface area (Å²) in [5.74, 6) is 8.68. The van der Waals surface area contributed by atoms with E-state index in [1.807, 2.05) is 6.07 Å². The van der Waals surface area contributed by atoms with Crippen LogP contribution in [0.3, 0.4) is 0 Å². The molecular formula is C13H23N5. The molecule has 1 saturated carbocycles. The van der Waals surface area contributed by atoms with Crippen molar-refractivity contribution < 1.29 is 0 Å². The van der Waals surface area contributed by atoms with E-state index in [1.54, 1.807) is 0 Å². The van der Waals surface area contributed by atoms with Gasteiger partial charge in [-0.2, -0.15) is 0 Å². The van der Waals surface area contributed by atoms with E-state index in [-0.39, 0.29) is 0 Å². The number of hydrogen-bond acceptors (Lipinski definition) is 5. The van der Waals surface area contributed by atoms with Crippen molar-refractivity contribution >= 4 is 11.6 Å². The first-order valence-corrected chi connectivity index (χ1v) is 6.87. The first-order valence-electron chi connectivity index (χ1n) is 6.87. The number of nitrogens with one attached hydrogen (secondary N) is 2. The summed E-state index contributed by atoms with van der Waals surface area (Å²) < 4.78 is 0. The largest absolute Gasteiger partial charge is 0.367 e. The summed E-state index contributed by atoms with van der Waals surface area (Å²) in [7, 11) is 0. The van der Waals surface area contributed by atoms with Gasteiger partial charge in [0.2, 0.25) is 0 Å². The Hall–Kier alpha value is -1.36. The number of nitrogens with zero attached hydrogens (tertiary/aromatic N) is 2. The third-order valence-electron chi connectivity index (χ3n) is 3.31. The molecule has 1 aromatic heterocycles. The third kappa shape index (κ3) is 3.32. The van der Waals surface area contributed by atoms with E-state index < -0.39 is 0 Å². The Bertz CT molecular complexity index is 393. The lowest BCUT2D eigenvalue weighted by Gasteiger charge is -2.09. The van der Waals surface area contributed by atoms with Gasteiger partial charge in [-0.15, -0.1) is 0 Å². The first kappa shape index (κ1) is 13.1. The fourth-order valence-electron chi connectivity index (χ4n) is 2.28. The highest BCUT2D eigenvalue weighted by Gasteiger charge is 2.36. The smallest absolute Gasteiger partial charge is 0.145 e. The van der Waals surface area contributed by atoms with Crippen molar-refractivity contribution in [2.45, 2.75) is 52.0 Å². The molecule has 1 fully saturated rings. The molecule has 2 rings (SSSR count). The Morgan fingerprint density at radius 2 is 2.06 bits per heavy atom. The molecule has 1 aliphatic carbocycles. The van der Waals surface area contributed by atoms with E-state index in [1.165, 1.54) is 19.3 Å². The molecule has 100 valence electrons. The molecule has 1 heterocycles. The molecule has 1 aliphatic rings. The molecule has 0 bridgehead atoms. The van der Waals surface area contributed by atoms with Crippen LogP contribution >= 0.6 is 0 Å². The van der Waals surface area contributed by atoms with Crippen molar-refractivity contribution in [1.29, 1.82) is 0 Å². The summed E-state index contributed by atoms with van der Waals surface area (Å²) in [6.45, 7) is 4.35. The zero-order valence-corrected chi connectivity index (χ0v) is 11.2. The molecule has 5 heteroatoms. The van der Waals surface area contributed by atoms with Gasteiger partial charge in [0.15, 0.2) is 0 Å². The highest BCUT2D eigenvalue weighted by Crippen LogP contribution is 2.37. The van der Waals surface area contributed by atoms with Crippen LogP contribution in [0.4, 0.5) is 11.6 Å².